The number of ether oxygens (including phenoxy) is 2. The van der Waals surface area contributed by atoms with Crippen LogP contribution in [0, 0.1) is 0 Å². The minimum absolute atomic E-state index is 0.199. The van der Waals surface area contributed by atoms with Crippen LogP contribution in [-0.2, 0) is 28.2 Å². The highest BCUT2D eigenvalue weighted by molar-refractivity contribution is 7.46. The van der Waals surface area contributed by atoms with E-state index in [1.807, 2.05) is 0 Å². The van der Waals surface area contributed by atoms with Crippen molar-refractivity contribution in [2.45, 2.75) is 200 Å². The highest BCUT2D eigenvalue weighted by atomic mass is 31.2. The third-order valence-corrected chi connectivity index (χ3v) is 9.12. The molecule has 0 aliphatic rings. The second-order valence-electron chi connectivity index (χ2n) is 13.6. The Hall–Kier alpha value is -1.73. The van der Waals surface area contributed by atoms with E-state index in [1.165, 1.54) is 103 Å². The molecule has 0 bridgehead atoms. The molecule has 0 amide bonds. The third kappa shape index (κ3) is 39.1. The SMILES string of the molecule is CCCCC/C=C/C/C=C/CCCCCCCCCC(=O)O[C@H](COC(=O)CCCC/C=C/CCCCCCCCCCC)COP(=O)(O)O. The van der Waals surface area contributed by atoms with E-state index < -0.39 is 32.5 Å². The van der Waals surface area contributed by atoms with Gasteiger partial charge in [-0.15, -0.1) is 0 Å². The van der Waals surface area contributed by atoms with Crippen LogP contribution < -0.4 is 0 Å². The Labute approximate surface area is 306 Å². The Bertz CT molecular complexity index is 910. The van der Waals surface area contributed by atoms with Crippen molar-refractivity contribution < 1.29 is 37.9 Å². The molecule has 0 spiro atoms. The smallest absolute Gasteiger partial charge is 0.462 e. The molecule has 292 valence electrons. The van der Waals surface area contributed by atoms with Crippen LogP contribution in [0.15, 0.2) is 36.5 Å². The molecule has 1 atom stereocenters. The first-order valence-electron chi connectivity index (χ1n) is 20.3. The van der Waals surface area contributed by atoms with E-state index in [1.54, 1.807) is 0 Å². The molecular weight excluding hydrogens is 651 g/mol. The quantitative estimate of drug-likeness (QED) is 0.0281. The highest BCUT2D eigenvalue weighted by Gasteiger charge is 2.22. The number of phosphoric ester groups is 1. The van der Waals surface area contributed by atoms with Crippen molar-refractivity contribution in [3.8, 4) is 0 Å². The summed E-state index contributed by atoms with van der Waals surface area (Å²) in [6.07, 6.45) is 42.9. The van der Waals surface area contributed by atoms with Gasteiger partial charge in [0.05, 0.1) is 6.61 Å². The largest absolute Gasteiger partial charge is 0.469 e. The molecule has 0 aromatic carbocycles. The summed E-state index contributed by atoms with van der Waals surface area (Å²) in [7, 11) is -4.76. The van der Waals surface area contributed by atoms with Gasteiger partial charge in [-0.2, -0.15) is 0 Å². The maximum atomic E-state index is 12.4. The number of hydrogen-bond donors (Lipinski definition) is 2. The zero-order valence-corrected chi connectivity index (χ0v) is 32.9. The van der Waals surface area contributed by atoms with Gasteiger partial charge in [0.25, 0.3) is 0 Å². The van der Waals surface area contributed by atoms with Crippen molar-refractivity contribution in [1.82, 2.24) is 0 Å². The van der Waals surface area contributed by atoms with Gasteiger partial charge in [0.2, 0.25) is 0 Å². The van der Waals surface area contributed by atoms with Gasteiger partial charge in [-0.05, 0) is 70.6 Å². The molecule has 50 heavy (non-hydrogen) atoms. The lowest BCUT2D eigenvalue weighted by molar-refractivity contribution is -0.161. The average Bonchev–Trinajstić information content (AvgIpc) is 3.08. The number of hydrogen-bond acceptors (Lipinski definition) is 6. The van der Waals surface area contributed by atoms with Crippen LogP contribution in [0.1, 0.15) is 194 Å². The predicted octanol–water partition coefficient (Wildman–Crippen LogP) is 12.2. The van der Waals surface area contributed by atoms with Crippen molar-refractivity contribution in [3.63, 3.8) is 0 Å². The Morgan fingerprint density at radius 3 is 1.42 bits per heavy atom. The number of allylic oxidation sites excluding steroid dienone is 6. The zero-order valence-electron chi connectivity index (χ0n) is 32.0. The van der Waals surface area contributed by atoms with E-state index in [9.17, 15) is 14.2 Å². The minimum Gasteiger partial charge on any atom is -0.462 e. The lowest BCUT2D eigenvalue weighted by atomic mass is 10.1. The van der Waals surface area contributed by atoms with Crippen LogP contribution in [0.4, 0.5) is 0 Å². The van der Waals surface area contributed by atoms with Crippen molar-refractivity contribution in [2.75, 3.05) is 13.2 Å². The molecule has 0 saturated heterocycles. The second-order valence-corrected chi connectivity index (χ2v) is 14.8. The van der Waals surface area contributed by atoms with Crippen molar-refractivity contribution >= 4 is 19.8 Å². The summed E-state index contributed by atoms with van der Waals surface area (Å²) in [6.45, 7) is 3.64. The van der Waals surface area contributed by atoms with Gasteiger partial charge in [-0.3, -0.25) is 14.1 Å². The molecule has 0 aliphatic heterocycles. The normalized spacial score (nSPS) is 12.8. The number of rotatable bonds is 37. The maximum absolute atomic E-state index is 12.4. The molecule has 0 aliphatic carbocycles. The minimum atomic E-state index is -4.76. The lowest BCUT2D eigenvalue weighted by Crippen LogP contribution is -2.29. The van der Waals surface area contributed by atoms with Gasteiger partial charge in [-0.1, -0.05) is 147 Å². The molecular formula is C41H75O8P. The predicted molar refractivity (Wildman–Crippen MR) is 207 cm³/mol. The fraction of sp³-hybridized carbons (Fsp3) is 0.805. The summed E-state index contributed by atoms with van der Waals surface area (Å²) in [5, 5.41) is 0. The fourth-order valence-corrected chi connectivity index (χ4v) is 5.93. The molecule has 0 heterocycles. The Morgan fingerprint density at radius 2 is 0.900 bits per heavy atom. The molecule has 0 aromatic heterocycles. The number of carbonyl (C=O) groups excluding carboxylic acids is 2. The van der Waals surface area contributed by atoms with E-state index in [0.29, 0.717) is 12.8 Å². The first-order chi connectivity index (χ1) is 24.3. The molecule has 0 unspecified atom stereocenters. The topological polar surface area (TPSA) is 119 Å². The summed E-state index contributed by atoms with van der Waals surface area (Å²) in [6, 6.07) is 0. The van der Waals surface area contributed by atoms with E-state index in [4.69, 9.17) is 19.3 Å². The lowest BCUT2D eigenvalue weighted by Gasteiger charge is -2.18. The number of unbranched alkanes of at least 4 members (excludes halogenated alkanes) is 21. The monoisotopic (exact) mass is 727 g/mol. The van der Waals surface area contributed by atoms with Gasteiger partial charge in [-0.25, -0.2) is 4.57 Å². The summed E-state index contributed by atoms with van der Waals surface area (Å²) >= 11 is 0. The maximum Gasteiger partial charge on any atom is 0.469 e. The first kappa shape index (κ1) is 48.3. The molecule has 0 rings (SSSR count). The van der Waals surface area contributed by atoms with E-state index >= 15 is 0 Å². The zero-order chi connectivity index (χ0) is 36.8. The third-order valence-electron chi connectivity index (χ3n) is 8.63. The van der Waals surface area contributed by atoms with Crippen LogP contribution in [-0.4, -0.2) is 41.0 Å². The summed E-state index contributed by atoms with van der Waals surface area (Å²) in [4.78, 5) is 42.8. The fourth-order valence-electron chi connectivity index (χ4n) is 5.57. The number of carbonyl (C=O) groups is 2. The van der Waals surface area contributed by atoms with Crippen LogP contribution >= 0.6 is 7.82 Å². The van der Waals surface area contributed by atoms with Crippen molar-refractivity contribution in [1.29, 1.82) is 0 Å². The van der Waals surface area contributed by atoms with E-state index in [2.05, 4.69) is 54.8 Å². The van der Waals surface area contributed by atoms with Crippen molar-refractivity contribution in [2.24, 2.45) is 0 Å². The molecule has 0 saturated carbocycles. The van der Waals surface area contributed by atoms with Crippen molar-refractivity contribution in [3.05, 3.63) is 36.5 Å². The average molecular weight is 727 g/mol. The van der Waals surface area contributed by atoms with Crippen LogP contribution in [0.2, 0.25) is 0 Å². The van der Waals surface area contributed by atoms with E-state index in [-0.39, 0.29) is 19.4 Å². The Morgan fingerprint density at radius 1 is 0.520 bits per heavy atom. The van der Waals surface area contributed by atoms with Gasteiger partial charge in [0.1, 0.15) is 6.61 Å². The summed E-state index contributed by atoms with van der Waals surface area (Å²) in [5.41, 5.74) is 0. The molecule has 8 nitrogen and oxygen atoms in total. The molecule has 9 heteroatoms. The number of esters is 2. The standard InChI is InChI=1S/C41H75O8P/c1-3-5-7-9-11-13-15-17-19-20-22-24-26-28-30-32-34-36-41(43)49-39(38-48-50(44,45)46)37-47-40(42)35-33-31-29-27-25-23-21-18-16-14-12-10-8-6-4-2/h11,13,17,19,25,27,39H,3-10,12,14-16,18,20-24,26,28-38H2,1-2H3,(H2,44,45,46)/b13-11+,19-17+,27-25+/t39-/m1/s1. The van der Waals surface area contributed by atoms with Crippen LogP contribution in [0.25, 0.3) is 0 Å². The van der Waals surface area contributed by atoms with Crippen LogP contribution in [0.5, 0.6) is 0 Å². The Kier molecular flexibility index (Phi) is 35.8. The molecule has 2 N–H and O–H groups in total. The molecule has 0 fully saturated rings. The molecule has 0 radical (unpaired) electrons. The summed E-state index contributed by atoms with van der Waals surface area (Å²) < 4.78 is 26.3. The second kappa shape index (κ2) is 37.0. The summed E-state index contributed by atoms with van der Waals surface area (Å²) in [5.74, 6) is -0.917. The van der Waals surface area contributed by atoms with Gasteiger partial charge >= 0.3 is 19.8 Å². The van der Waals surface area contributed by atoms with E-state index in [0.717, 1.165) is 51.4 Å². The number of phosphoric acid groups is 1. The molecule has 0 aromatic rings. The van der Waals surface area contributed by atoms with Gasteiger partial charge in [0.15, 0.2) is 6.10 Å². The van der Waals surface area contributed by atoms with Gasteiger partial charge < -0.3 is 19.3 Å². The van der Waals surface area contributed by atoms with Crippen LogP contribution in [0.3, 0.4) is 0 Å². The highest BCUT2D eigenvalue weighted by Crippen LogP contribution is 2.36. The Balaban J connectivity index is 3.97. The van der Waals surface area contributed by atoms with Gasteiger partial charge in [0, 0.05) is 12.8 Å². The first-order valence-corrected chi connectivity index (χ1v) is 21.8.